The zero-order valence-electron chi connectivity index (χ0n) is 13.9. The van der Waals surface area contributed by atoms with E-state index in [1.165, 1.54) is 17.8 Å². The first-order valence-corrected chi connectivity index (χ1v) is 8.97. The first kappa shape index (κ1) is 19.3. The molecule has 0 saturated heterocycles. The number of rotatable bonds is 4. The molecule has 0 heterocycles. The van der Waals surface area contributed by atoms with E-state index in [-0.39, 0.29) is 11.4 Å². The number of hydrogen-bond acceptors (Lipinski definition) is 5. The van der Waals surface area contributed by atoms with E-state index in [1.54, 1.807) is 32.9 Å². The normalized spacial score (nSPS) is 11.0. The van der Waals surface area contributed by atoms with Gasteiger partial charge in [0.2, 0.25) is 0 Å². The van der Waals surface area contributed by atoms with Gasteiger partial charge >= 0.3 is 6.09 Å². The smallest absolute Gasteiger partial charge is 0.412 e. The van der Waals surface area contributed by atoms with Crippen molar-refractivity contribution >= 4 is 45.2 Å². The summed E-state index contributed by atoms with van der Waals surface area (Å²) in [5, 5.41) is 13.7. The number of nitro benzene ring substituents is 1. The van der Waals surface area contributed by atoms with Crippen molar-refractivity contribution in [1.29, 1.82) is 0 Å². The minimum Gasteiger partial charge on any atom is -0.444 e. The molecule has 0 aliphatic rings. The maximum Gasteiger partial charge on any atom is 0.412 e. The summed E-state index contributed by atoms with van der Waals surface area (Å²) >= 11 is 4.81. The van der Waals surface area contributed by atoms with E-state index < -0.39 is 16.6 Å². The Hall–Kier alpha value is -2.06. The van der Waals surface area contributed by atoms with Crippen molar-refractivity contribution in [3.05, 3.63) is 57.1 Å². The van der Waals surface area contributed by atoms with Crippen LogP contribution in [0, 0.1) is 10.1 Å². The molecule has 0 spiro atoms. The van der Waals surface area contributed by atoms with Crippen LogP contribution < -0.4 is 5.32 Å². The molecular weight excluding hydrogens is 408 g/mol. The van der Waals surface area contributed by atoms with E-state index >= 15 is 0 Å². The molecule has 0 aromatic heterocycles. The molecule has 0 bridgehead atoms. The van der Waals surface area contributed by atoms with Crippen molar-refractivity contribution in [2.75, 3.05) is 5.32 Å². The van der Waals surface area contributed by atoms with E-state index in [0.29, 0.717) is 0 Å². The van der Waals surface area contributed by atoms with E-state index in [2.05, 4.69) is 21.2 Å². The predicted octanol–water partition coefficient (Wildman–Crippen LogP) is 5.86. The average molecular weight is 425 g/mol. The van der Waals surface area contributed by atoms with Crippen LogP contribution in [0.25, 0.3) is 0 Å². The van der Waals surface area contributed by atoms with Gasteiger partial charge in [-0.2, -0.15) is 0 Å². The minimum absolute atomic E-state index is 0.0985. The highest BCUT2D eigenvalue weighted by Crippen LogP contribution is 2.34. The molecule has 0 saturated carbocycles. The average Bonchev–Trinajstić information content (AvgIpc) is 2.47. The molecule has 6 nitrogen and oxygen atoms in total. The fourth-order valence-electron chi connectivity index (χ4n) is 1.89. The Morgan fingerprint density at radius 1 is 1.16 bits per heavy atom. The summed E-state index contributed by atoms with van der Waals surface area (Å²) in [4.78, 5) is 24.3. The van der Waals surface area contributed by atoms with E-state index in [1.807, 2.05) is 24.3 Å². The zero-order valence-corrected chi connectivity index (χ0v) is 16.3. The Bertz CT molecular complexity index is 788. The largest absolute Gasteiger partial charge is 0.444 e. The topological polar surface area (TPSA) is 81.5 Å². The Morgan fingerprint density at radius 2 is 1.76 bits per heavy atom. The fourth-order valence-corrected chi connectivity index (χ4v) is 3.01. The Kier molecular flexibility index (Phi) is 6.07. The van der Waals surface area contributed by atoms with Gasteiger partial charge in [0.15, 0.2) is 0 Å². The number of nitrogens with zero attached hydrogens (tertiary/aromatic N) is 1. The Morgan fingerprint density at radius 3 is 2.32 bits per heavy atom. The lowest BCUT2D eigenvalue weighted by Gasteiger charge is -2.19. The van der Waals surface area contributed by atoms with Crippen LogP contribution in [0.2, 0.25) is 0 Å². The molecule has 0 aliphatic heterocycles. The number of benzene rings is 2. The molecule has 0 fully saturated rings. The summed E-state index contributed by atoms with van der Waals surface area (Å²) in [5.74, 6) is 0. The van der Waals surface area contributed by atoms with Gasteiger partial charge < -0.3 is 4.74 Å². The molecule has 132 valence electrons. The molecular formula is C17H17BrN2O4S. The lowest BCUT2D eigenvalue weighted by Crippen LogP contribution is -2.27. The standard InChI is InChI=1S/C17H17BrN2O4S/c1-17(2,3)24-16(21)19-14-10-13(8-9-15(14)20(22)23)25-12-6-4-11(18)5-7-12/h4-10H,1-3H3,(H,19,21). The number of nitrogens with one attached hydrogen (secondary N) is 1. The second-order valence-corrected chi connectivity index (χ2v) is 8.18. The van der Waals surface area contributed by atoms with E-state index in [9.17, 15) is 14.9 Å². The molecule has 25 heavy (non-hydrogen) atoms. The minimum atomic E-state index is -0.735. The lowest BCUT2D eigenvalue weighted by atomic mass is 10.2. The van der Waals surface area contributed by atoms with Crippen molar-refractivity contribution in [2.24, 2.45) is 0 Å². The number of halogens is 1. The van der Waals surface area contributed by atoms with Crippen LogP contribution in [0.3, 0.4) is 0 Å². The van der Waals surface area contributed by atoms with E-state index in [4.69, 9.17) is 4.74 Å². The van der Waals surface area contributed by atoms with Crippen LogP contribution >= 0.6 is 27.7 Å². The third-order valence-electron chi connectivity index (χ3n) is 2.85. The molecule has 2 rings (SSSR count). The number of carbonyl (C=O) groups is 1. The highest BCUT2D eigenvalue weighted by molar-refractivity contribution is 9.10. The highest BCUT2D eigenvalue weighted by atomic mass is 79.9. The Balaban J connectivity index is 2.25. The molecule has 0 aliphatic carbocycles. The lowest BCUT2D eigenvalue weighted by molar-refractivity contribution is -0.384. The SMILES string of the molecule is CC(C)(C)OC(=O)Nc1cc(Sc2ccc(Br)cc2)ccc1[N+](=O)[O-]. The molecule has 2 aromatic carbocycles. The number of ether oxygens (including phenoxy) is 1. The van der Waals surface area contributed by atoms with Gasteiger partial charge in [-0.25, -0.2) is 4.79 Å². The summed E-state index contributed by atoms with van der Waals surface area (Å²) in [5.41, 5.74) is -0.782. The molecule has 1 amide bonds. The summed E-state index contributed by atoms with van der Waals surface area (Å²) in [7, 11) is 0. The molecule has 0 radical (unpaired) electrons. The highest BCUT2D eigenvalue weighted by Gasteiger charge is 2.21. The van der Waals surface area contributed by atoms with Gasteiger partial charge in [0.05, 0.1) is 4.92 Å². The number of nitro groups is 1. The summed E-state index contributed by atoms with van der Waals surface area (Å²) in [6.07, 6.45) is -0.735. The van der Waals surface area contributed by atoms with Crippen molar-refractivity contribution in [3.8, 4) is 0 Å². The van der Waals surface area contributed by atoms with Crippen LogP contribution in [0.5, 0.6) is 0 Å². The monoisotopic (exact) mass is 424 g/mol. The summed E-state index contributed by atoms with van der Waals surface area (Å²) in [6, 6.07) is 12.3. The van der Waals surface area contributed by atoms with Crippen molar-refractivity contribution < 1.29 is 14.5 Å². The molecule has 0 unspecified atom stereocenters. The number of amides is 1. The predicted molar refractivity (Wildman–Crippen MR) is 101 cm³/mol. The second-order valence-electron chi connectivity index (χ2n) is 6.12. The molecule has 0 atom stereocenters. The molecule has 1 N–H and O–H groups in total. The van der Waals surface area contributed by atoms with Crippen LogP contribution in [0.15, 0.2) is 56.7 Å². The van der Waals surface area contributed by atoms with Crippen molar-refractivity contribution in [3.63, 3.8) is 0 Å². The molecule has 8 heteroatoms. The van der Waals surface area contributed by atoms with Crippen LogP contribution in [-0.2, 0) is 4.74 Å². The van der Waals surface area contributed by atoms with Gasteiger partial charge in [-0.1, -0.05) is 27.7 Å². The van der Waals surface area contributed by atoms with Gasteiger partial charge in [0, 0.05) is 20.3 Å². The molecule has 2 aromatic rings. The van der Waals surface area contributed by atoms with Crippen LogP contribution in [0.1, 0.15) is 20.8 Å². The van der Waals surface area contributed by atoms with Crippen LogP contribution in [0.4, 0.5) is 16.2 Å². The quantitative estimate of drug-likeness (QED) is 0.491. The van der Waals surface area contributed by atoms with E-state index in [0.717, 1.165) is 14.3 Å². The Labute approximate surface area is 158 Å². The maximum atomic E-state index is 11.9. The third kappa shape index (κ3) is 6.06. The van der Waals surface area contributed by atoms with Gasteiger partial charge in [0.25, 0.3) is 5.69 Å². The van der Waals surface area contributed by atoms with Gasteiger partial charge in [0.1, 0.15) is 11.3 Å². The maximum absolute atomic E-state index is 11.9. The van der Waals surface area contributed by atoms with Crippen LogP contribution in [-0.4, -0.2) is 16.6 Å². The number of carbonyl (C=O) groups excluding carboxylic acids is 1. The second kappa shape index (κ2) is 7.88. The van der Waals surface area contributed by atoms with Crippen molar-refractivity contribution in [1.82, 2.24) is 0 Å². The van der Waals surface area contributed by atoms with Gasteiger partial charge in [-0.05, 0) is 57.2 Å². The first-order valence-electron chi connectivity index (χ1n) is 7.36. The number of hydrogen-bond donors (Lipinski definition) is 1. The number of anilines is 1. The fraction of sp³-hybridized carbons (Fsp3) is 0.235. The van der Waals surface area contributed by atoms with Gasteiger partial charge in [-0.3, -0.25) is 15.4 Å². The zero-order chi connectivity index (χ0) is 18.6. The first-order chi connectivity index (χ1) is 11.6. The van der Waals surface area contributed by atoms with Gasteiger partial charge in [-0.15, -0.1) is 0 Å². The van der Waals surface area contributed by atoms with Crippen molar-refractivity contribution in [2.45, 2.75) is 36.2 Å². The summed E-state index contributed by atoms with van der Waals surface area (Å²) in [6.45, 7) is 5.17. The third-order valence-corrected chi connectivity index (χ3v) is 4.38. The summed E-state index contributed by atoms with van der Waals surface area (Å²) < 4.78 is 6.13.